The van der Waals surface area contributed by atoms with Crippen molar-refractivity contribution in [3.05, 3.63) is 108 Å². The van der Waals surface area contributed by atoms with Gasteiger partial charge in [-0.05, 0) is 28.5 Å². The van der Waals surface area contributed by atoms with Crippen LogP contribution in [-0.4, -0.2) is 37.1 Å². The summed E-state index contributed by atoms with van der Waals surface area (Å²) in [5.74, 6) is 1.48. The van der Waals surface area contributed by atoms with E-state index in [-0.39, 0.29) is 0 Å². The Balaban J connectivity index is 1.42. The molecule has 0 amide bonds. The first-order chi connectivity index (χ1) is 19.8. The number of aromatic nitrogens is 6. The fraction of sp³-hybridized carbons (Fsp3) is 0.129. The number of nitrogens with zero attached hydrogens (tertiary/aromatic N) is 6. The third kappa shape index (κ3) is 5.74. The van der Waals surface area contributed by atoms with Gasteiger partial charge in [-0.2, -0.15) is 0 Å². The molecule has 0 unspecified atom stereocenters. The summed E-state index contributed by atoms with van der Waals surface area (Å²) >= 11 is 1.58. The Morgan fingerprint density at radius 2 is 1.57 bits per heavy atom. The predicted molar refractivity (Wildman–Crippen MR) is 161 cm³/mol. The predicted octanol–water partition coefficient (Wildman–Crippen LogP) is 7.21. The molecule has 3 aromatic heterocycles. The molecule has 9 heteroatoms. The Morgan fingerprint density at radius 1 is 0.825 bits per heavy atom. The van der Waals surface area contributed by atoms with Crippen LogP contribution in [0.15, 0.2) is 102 Å². The van der Waals surface area contributed by atoms with Crippen molar-refractivity contribution >= 4 is 28.0 Å². The minimum absolute atomic E-state index is 0.597. The number of benzene rings is 3. The highest BCUT2D eigenvalue weighted by Gasteiger charge is 2.17. The van der Waals surface area contributed by atoms with Crippen LogP contribution in [-0.2, 0) is 6.54 Å². The molecule has 2 N–H and O–H groups in total. The summed E-state index contributed by atoms with van der Waals surface area (Å²) in [5.41, 5.74) is 6.82. The van der Waals surface area contributed by atoms with Gasteiger partial charge >= 0.3 is 0 Å². The first kappa shape index (κ1) is 25.4. The number of pyridine rings is 1. The van der Waals surface area contributed by atoms with Gasteiger partial charge in [0.2, 0.25) is 0 Å². The third-order valence-electron chi connectivity index (χ3n) is 6.47. The van der Waals surface area contributed by atoms with Gasteiger partial charge in [-0.25, -0.2) is 15.1 Å². The van der Waals surface area contributed by atoms with Crippen LogP contribution in [0.2, 0.25) is 0 Å². The summed E-state index contributed by atoms with van der Waals surface area (Å²) < 4.78 is 0. The maximum absolute atomic E-state index is 5.17. The number of rotatable bonds is 10. The number of H-pyrrole nitrogens is 1. The topological polar surface area (TPSA) is 95.5 Å². The van der Waals surface area contributed by atoms with Crippen molar-refractivity contribution < 1.29 is 0 Å². The van der Waals surface area contributed by atoms with Gasteiger partial charge in [0.15, 0.2) is 11.0 Å². The summed E-state index contributed by atoms with van der Waals surface area (Å²) in [7, 11) is 0. The molecular weight excluding hydrogens is 516 g/mol. The molecule has 3 aromatic carbocycles. The minimum Gasteiger partial charge on any atom is -0.352 e. The Kier molecular flexibility index (Phi) is 7.54. The summed E-state index contributed by atoms with van der Waals surface area (Å²) in [5, 5.41) is 21.1. The van der Waals surface area contributed by atoms with Gasteiger partial charge in [-0.3, -0.25) is 0 Å². The second-order valence-corrected chi connectivity index (χ2v) is 10.2. The van der Waals surface area contributed by atoms with Gasteiger partial charge in [-0.1, -0.05) is 91.9 Å². The van der Waals surface area contributed by atoms with Gasteiger partial charge in [0.25, 0.3) is 0 Å². The Bertz CT molecular complexity index is 1670. The summed E-state index contributed by atoms with van der Waals surface area (Å²) in [6, 6.07) is 32.9. The van der Waals surface area contributed by atoms with E-state index in [1.165, 1.54) is 5.56 Å². The Morgan fingerprint density at radius 3 is 2.33 bits per heavy atom. The van der Waals surface area contributed by atoms with Crippen LogP contribution in [0, 0.1) is 0 Å². The number of anilines is 3. The molecule has 6 rings (SSSR count). The largest absolute Gasteiger partial charge is 0.352 e. The number of hydrogen-bond acceptors (Lipinski definition) is 8. The maximum atomic E-state index is 5.17. The third-order valence-corrected chi connectivity index (χ3v) is 7.23. The summed E-state index contributed by atoms with van der Waals surface area (Å²) in [6.07, 6.45) is 0.995. The van der Waals surface area contributed by atoms with Crippen LogP contribution in [0.5, 0.6) is 0 Å². The highest BCUT2D eigenvalue weighted by atomic mass is 32.1. The van der Waals surface area contributed by atoms with E-state index in [1.54, 1.807) is 11.3 Å². The molecule has 0 radical (unpaired) electrons. The van der Waals surface area contributed by atoms with Crippen LogP contribution in [0.3, 0.4) is 0 Å². The second kappa shape index (κ2) is 11.9. The van der Waals surface area contributed by atoms with Crippen LogP contribution in [0.1, 0.15) is 18.9 Å². The van der Waals surface area contributed by atoms with E-state index >= 15 is 0 Å². The highest BCUT2D eigenvalue weighted by molar-refractivity contribution is 7.14. The Labute approximate surface area is 236 Å². The Hall–Kier alpha value is -4.89. The maximum Gasteiger partial charge on any atom is 0.187 e. The monoisotopic (exact) mass is 544 g/mol. The van der Waals surface area contributed by atoms with Gasteiger partial charge < -0.3 is 10.2 Å². The molecule has 0 atom stereocenters. The zero-order valence-corrected chi connectivity index (χ0v) is 22.8. The lowest BCUT2D eigenvalue weighted by Gasteiger charge is -2.25. The molecule has 6 aromatic rings. The SMILES string of the molecule is CCCN(Cc1ccccc1)c1cc(Nc2nc(-c3ccccc3)cs2)cc(-c2ccccc2-c2nnn[nH]2)n1. The normalized spacial score (nSPS) is 10.9. The van der Waals surface area contributed by atoms with E-state index in [9.17, 15) is 0 Å². The first-order valence-electron chi connectivity index (χ1n) is 13.2. The standard InChI is InChI=1S/C31H28N8S/c1-2-17-39(20-22-11-5-3-6-12-22)29-19-24(32-31-34-28(21-40-31)23-13-7-4-8-14-23)18-27(33-29)25-15-9-10-16-26(25)30-35-37-38-36-30/h3-16,18-19,21H,2,17,20H2,1H3,(H,32,33,34)(H,35,36,37,38). The molecule has 198 valence electrons. The molecule has 40 heavy (non-hydrogen) atoms. The molecule has 3 heterocycles. The number of hydrogen-bond donors (Lipinski definition) is 2. The van der Waals surface area contributed by atoms with E-state index in [1.807, 2.05) is 48.5 Å². The average molecular weight is 545 g/mol. The smallest absolute Gasteiger partial charge is 0.187 e. The van der Waals surface area contributed by atoms with Gasteiger partial charge in [0.05, 0.1) is 11.4 Å². The number of thiazole rings is 1. The molecule has 0 aliphatic heterocycles. The van der Waals surface area contributed by atoms with E-state index in [0.717, 1.165) is 64.2 Å². The average Bonchev–Trinajstić information content (AvgIpc) is 3.71. The van der Waals surface area contributed by atoms with Crippen molar-refractivity contribution in [2.75, 3.05) is 16.8 Å². The molecular formula is C31H28N8S. The lowest BCUT2D eigenvalue weighted by atomic mass is 10.0. The summed E-state index contributed by atoms with van der Waals surface area (Å²) in [4.78, 5) is 12.3. The van der Waals surface area contributed by atoms with E-state index in [2.05, 4.69) is 91.7 Å². The van der Waals surface area contributed by atoms with E-state index in [4.69, 9.17) is 9.97 Å². The molecule has 0 bridgehead atoms. The highest BCUT2D eigenvalue weighted by Crippen LogP contribution is 2.34. The zero-order chi connectivity index (χ0) is 27.1. The van der Waals surface area contributed by atoms with Gasteiger partial charge in [0.1, 0.15) is 5.82 Å². The van der Waals surface area contributed by atoms with Crippen LogP contribution in [0.4, 0.5) is 16.6 Å². The number of nitrogens with one attached hydrogen (secondary N) is 2. The van der Waals surface area contributed by atoms with Crippen LogP contribution < -0.4 is 10.2 Å². The quantitative estimate of drug-likeness (QED) is 0.188. The van der Waals surface area contributed by atoms with Crippen molar-refractivity contribution in [2.45, 2.75) is 19.9 Å². The van der Waals surface area contributed by atoms with Crippen molar-refractivity contribution in [1.29, 1.82) is 0 Å². The van der Waals surface area contributed by atoms with E-state index < -0.39 is 0 Å². The molecule has 0 saturated heterocycles. The van der Waals surface area contributed by atoms with Crippen LogP contribution in [0.25, 0.3) is 33.9 Å². The van der Waals surface area contributed by atoms with Crippen molar-refractivity contribution in [3.63, 3.8) is 0 Å². The molecule has 0 aliphatic carbocycles. The minimum atomic E-state index is 0.597. The fourth-order valence-electron chi connectivity index (χ4n) is 4.62. The molecule has 0 saturated carbocycles. The lowest BCUT2D eigenvalue weighted by Crippen LogP contribution is -2.24. The fourth-order valence-corrected chi connectivity index (χ4v) is 5.36. The second-order valence-electron chi connectivity index (χ2n) is 9.33. The lowest BCUT2D eigenvalue weighted by molar-refractivity contribution is 0.755. The summed E-state index contributed by atoms with van der Waals surface area (Å²) in [6.45, 7) is 3.81. The van der Waals surface area contributed by atoms with Crippen molar-refractivity contribution in [2.24, 2.45) is 0 Å². The molecule has 0 aliphatic rings. The van der Waals surface area contributed by atoms with Crippen LogP contribution >= 0.6 is 11.3 Å². The van der Waals surface area contributed by atoms with Crippen molar-refractivity contribution in [3.8, 4) is 33.9 Å². The molecule has 8 nitrogen and oxygen atoms in total. The molecule has 0 spiro atoms. The van der Waals surface area contributed by atoms with Crippen molar-refractivity contribution in [1.82, 2.24) is 30.6 Å². The van der Waals surface area contributed by atoms with E-state index in [0.29, 0.717) is 5.82 Å². The number of tetrazole rings is 1. The van der Waals surface area contributed by atoms with Gasteiger partial charge in [-0.15, -0.1) is 16.4 Å². The zero-order valence-electron chi connectivity index (χ0n) is 22.0. The van der Waals surface area contributed by atoms with Gasteiger partial charge in [0, 0.05) is 46.9 Å². The number of aromatic amines is 1. The molecule has 0 fully saturated rings. The first-order valence-corrected chi connectivity index (χ1v) is 14.1.